The van der Waals surface area contributed by atoms with Gasteiger partial charge in [-0.3, -0.25) is 9.79 Å². The average Bonchev–Trinajstić information content (AvgIpc) is 2.75. The highest BCUT2D eigenvalue weighted by molar-refractivity contribution is 6.34. The van der Waals surface area contributed by atoms with Gasteiger partial charge < -0.3 is 16.4 Å². The SMILES string of the molecule is Cc1cc(C(N)=O)cc(Cl)c1NC1=NCCN1. The summed E-state index contributed by atoms with van der Waals surface area (Å²) in [5.41, 5.74) is 7.20. The van der Waals surface area contributed by atoms with Crippen LogP contribution in [0.15, 0.2) is 17.1 Å². The molecule has 1 aliphatic rings. The number of halogens is 1. The highest BCUT2D eigenvalue weighted by Crippen LogP contribution is 2.27. The van der Waals surface area contributed by atoms with E-state index >= 15 is 0 Å². The molecule has 0 spiro atoms. The minimum absolute atomic E-state index is 0.402. The molecular weight excluding hydrogens is 240 g/mol. The number of nitrogens with zero attached hydrogens (tertiary/aromatic N) is 1. The van der Waals surface area contributed by atoms with Crippen molar-refractivity contribution in [3.63, 3.8) is 0 Å². The van der Waals surface area contributed by atoms with Crippen molar-refractivity contribution in [2.24, 2.45) is 10.7 Å². The summed E-state index contributed by atoms with van der Waals surface area (Å²) in [7, 11) is 0. The number of carbonyl (C=O) groups excluding carboxylic acids is 1. The van der Waals surface area contributed by atoms with Gasteiger partial charge in [-0.2, -0.15) is 0 Å². The van der Waals surface area contributed by atoms with Crippen molar-refractivity contribution in [1.82, 2.24) is 5.32 Å². The molecule has 1 amide bonds. The molecule has 0 fully saturated rings. The Bertz CT molecular complexity index is 475. The molecule has 0 atom stereocenters. The van der Waals surface area contributed by atoms with E-state index in [-0.39, 0.29) is 0 Å². The topological polar surface area (TPSA) is 79.5 Å². The van der Waals surface area contributed by atoms with Gasteiger partial charge in [-0.05, 0) is 24.6 Å². The second kappa shape index (κ2) is 4.63. The Labute approximate surface area is 104 Å². The highest BCUT2D eigenvalue weighted by atomic mass is 35.5. The molecule has 6 heteroatoms. The first-order valence-corrected chi connectivity index (χ1v) is 5.61. The first-order valence-electron chi connectivity index (χ1n) is 5.23. The summed E-state index contributed by atoms with van der Waals surface area (Å²) in [6.07, 6.45) is 0. The molecule has 0 bridgehead atoms. The zero-order chi connectivity index (χ0) is 12.4. The number of aryl methyl sites for hydroxylation is 1. The molecule has 0 radical (unpaired) electrons. The van der Waals surface area contributed by atoms with Gasteiger partial charge in [-0.1, -0.05) is 11.6 Å². The van der Waals surface area contributed by atoms with Gasteiger partial charge in [0.25, 0.3) is 0 Å². The van der Waals surface area contributed by atoms with E-state index in [2.05, 4.69) is 15.6 Å². The third-order valence-electron chi connectivity index (χ3n) is 2.49. The number of nitrogens with one attached hydrogen (secondary N) is 2. The Kier molecular flexibility index (Phi) is 3.19. The minimum Gasteiger partial charge on any atom is -0.366 e. The summed E-state index contributed by atoms with van der Waals surface area (Å²) in [5, 5.41) is 6.64. The van der Waals surface area contributed by atoms with Gasteiger partial charge in [0.15, 0.2) is 5.96 Å². The van der Waals surface area contributed by atoms with Crippen LogP contribution >= 0.6 is 11.6 Å². The van der Waals surface area contributed by atoms with Crippen molar-refractivity contribution in [2.75, 3.05) is 18.4 Å². The van der Waals surface area contributed by atoms with E-state index < -0.39 is 5.91 Å². The molecule has 0 aromatic heterocycles. The Morgan fingerprint density at radius 1 is 1.59 bits per heavy atom. The van der Waals surface area contributed by atoms with Gasteiger partial charge in [0.05, 0.1) is 17.3 Å². The molecule has 0 aliphatic carbocycles. The standard InChI is InChI=1S/C11H13ClN4O/c1-6-4-7(10(13)17)5-8(12)9(6)16-11-14-2-3-15-11/h4-5H,2-3H2,1H3,(H2,13,17)(H2,14,15,16). The molecule has 17 heavy (non-hydrogen) atoms. The molecule has 4 N–H and O–H groups in total. The van der Waals surface area contributed by atoms with Crippen molar-refractivity contribution < 1.29 is 4.79 Å². The lowest BCUT2D eigenvalue weighted by Crippen LogP contribution is -2.26. The number of aliphatic imine (C=N–C) groups is 1. The molecule has 0 saturated carbocycles. The normalized spacial score (nSPS) is 14.1. The monoisotopic (exact) mass is 252 g/mol. The van der Waals surface area contributed by atoms with Crippen molar-refractivity contribution >= 4 is 29.2 Å². The number of guanidine groups is 1. The van der Waals surface area contributed by atoms with E-state index in [4.69, 9.17) is 17.3 Å². The molecule has 1 aliphatic heterocycles. The van der Waals surface area contributed by atoms with E-state index in [1.807, 2.05) is 6.92 Å². The first kappa shape index (κ1) is 11.7. The van der Waals surface area contributed by atoms with Crippen LogP contribution in [-0.4, -0.2) is 25.0 Å². The molecule has 0 saturated heterocycles. The van der Waals surface area contributed by atoms with Crippen molar-refractivity contribution in [3.05, 3.63) is 28.3 Å². The van der Waals surface area contributed by atoms with Crippen LogP contribution in [0.3, 0.4) is 0 Å². The fourth-order valence-corrected chi connectivity index (χ4v) is 1.96. The number of hydrogen-bond acceptors (Lipinski definition) is 4. The van der Waals surface area contributed by atoms with Crippen LogP contribution in [0, 0.1) is 6.92 Å². The first-order chi connectivity index (χ1) is 8.08. The maximum absolute atomic E-state index is 11.1. The molecule has 2 rings (SSSR count). The van der Waals surface area contributed by atoms with Gasteiger partial charge in [-0.15, -0.1) is 0 Å². The fourth-order valence-electron chi connectivity index (χ4n) is 1.64. The molecular formula is C11H13ClN4O. The summed E-state index contributed by atoms with van der Waals surface area (Å²) in [6.45, 7) is 3.42. The fraction of sp³-hybridized carbons (Fsp3) is 0.273. The summed E-state index contributed by atoms with van der Waals surface area (Å²) in [4.78, 5) is 15.3. The number of rotatable bonds is 2. The van der Waals surface area contributed by atoms with Crippen molar-refractivity contribution in [1.29, 1.82) is 0 Å². The van der Waals surface area contributed by atoms with Crippen LogP contribution in [0.5, 0.6) is 0 Å². The third-order valence-corrected chi connectivity index (χ3v) is 2.79. The Hall–Kier alpha value is -1.75. The summed E-state index contributed by atoms with van der Waals surface area (Å²) >= 11 is 6.10. The van der Waals surface area contributed by atoms with Crippen LogP contribution in [0.25, 0.3) is 0 Å². The maximum Gasteiger partial charge on any atom is 0.248 e. The number of hydrogen-bond donors (Lipinski definition) is 3. The average molecular weight is 253 g/mol. The Morgan fingerprint density at radius 3 is 2.88 bits per heavy atom. The minimum atomic E-state index is -0.488. The second-order valence-corrected chi connectivity index (χ2v) is 4.20. The molecule has 1 aromatic rings. The number of benzene rings is 1. The van der Waals surface area contributed by atoms with Gasteiger partial charge in [0.1, 0.15) is 0 Å². The Balaban J connectivity index is 2.31. The lowest BCUT2D eigenvalue weighted by Gasteiger charge is -2.12. The van der Waals surface area contributed by atoms with Crippen LogP contribution in [-0.2, 0) is 0 Å². The van der Waals surface area contributed by atoms with E-state index in [9.17, 15) is 4.79 Å². The van der Waals surface area contributed by atoms with Gasteiger partial charge in [-0.25, -0.2) is 0 Å². The molecule has 0 unspecified atom stereocenters. The van der Waals surface area contributed by atoms with Crippen molar-refractivity contribution in [2.45, 2.75) is 6.92 Å². The highest BCUT2D eigenvalue weighted by Gasteiger charge is 2.12. The molecule has 1 aromatic carbocycles. The largest absolute Gasteiger partial charge is 0.366 e. The zero-order valence-corrected chi connectivity index (χ0v) is 10.1. The number of anilines is 1. The third kappa shape index (κ3) is 2.50. The van der Waals surface area contributed by atoms with E-state index in [0.29, 0.717) is 16.5 Å². The smallest absolute Gasteiger partial charge is 0.248 e. The second-order valence-electron chi connectivity index (χ2n) is 3.80. The summed E-state index contributed by atoms with van der Waals surface area (Å²) in [6, 6.07) is 3.25. The lowest BCUT2D eigenvalue weighted by molar-refractivity contribution is 0.1000. The predicted octanol–water partition coefficient (Wildman–Crippen LogP) is 1.12. The summed E-state index contributed by atoms with van der Waals surface area (Å²) < 4.78 is 0. The zero-order valence-electron chi connectivity index (χ0n) is 9.38. The van der Waals surface area contributed by atoms with Crippen LogP contribution in [0.2, 0.25) is 5.02 Å². The van der Waals surface area contributed by atoms with Gasteiger partial charge >= 0.3 is 0 Å². The maximum atomic E-state index is 11.1. The number of amides is 1. The number of carbonyl (C=O) groups is 1. The van der Waals surface area contributed by atoms with Crippen LogP contribution in [0.4, 0.5) is 5.69 Å². The van der Waals surface area contributed by atoms with E-state index in [1.165, 1.54) is 0 Å². The molecule has 5 nitrogen and oxygen atoms in total. The van der Waals surface area contributed by atoms with Gasteiger partial charge in [0, 0.05) is 12.1 Å². The molecule has 90 valence electrons. The van der Waals surface area contributed by atoms with Gasteiger partial charge in [0.2, 0.25) is 5.91 Å². The number of primary amides is 1. The number of nitrogens with two attached hydrogens (primary N) is 1. The predicted molar refractivity (Wildman–Crippen MR) is 68.6 cm³/mol. The van der Waals surface area contributed by atoms with E-state index in [0.717, 1.165) is 24.3 Å². The van der Waals surface area contributed by atoms with E-state index in [1.54, 1.807) is 12.1 Å². The Morgan fingerprint density at radius 2 is 2.35 bits per heavy atom. The molecule has 1 heterocycles. The van der Waals surface area contributed by atoms with Crippen molar-refractivity contribution in [3.8, 4) is 0 Å². The lowest BCUT2D eigenvalue weighted by atomic mass is 10.1. The van der Waals surface area contributed by atoms with Crippen LogP contribution in [0.1, 0.15) is 15.9 Å². The van der Waals surface area contributed by atoms with Crippen LogP contribution < -0.4 is 16.4 Å². The summed E-state index contributed by atoms with van der Waals surface area (Å²) in [5.74, 6) is 0.208. The quantitative estimate of drug-likeness (QED) is 0.738.